The Hall–Kier alpha value is -0.640. The summed E-state index contributed by atoms with van der Waals surface area (Å²) < 4.78 is 14.0. The molecule has 1 aliphatic heterocycles. The molecule has 0 aromatic heterocycles. The van der Waals surface area contributed by atoms with E-state index in [9.17, 15) is 9.18 Å². The summed E-state index contributed by atoms with van der Waals surface area (Å²) in [6.45, 7) is 1.21. The van der Waals surface area contributed by atoms with Crippen LogP contribution in [0.25, 0.3) is 0 Å². The molecule has 0 radical (unpaired) electrons. The lowest BCUT2D eigenvalue weighted by Gasteiger charge is -2.33. The summed E-state index contributed by atoms with van der Waals surface area (Å²) in [5.41, 5.74) is -1.61. The van der Waals surface area contributed by atoms with Crippen molar-refractivity contribution in [1.82, 2.24) is 10.6 Å². The van der Waals surface area contributed by atoms with Gasteiger partial charge >= 0.3 is 0 Å². The van der Waals surface area contributed by atoms with Crippen LogP contribution in [0.5, 0.6) is 0 Å². The first kappa shape index (κ1) is 9.90. The minimum Gasteiger partial charge on any atom is -0.351 e. The van der Waals surface area contributed by atoms with Crippen molar-refractivity contribution in [2.24, 2.45) is 0 Å². The summed E-state index contributed by atoms with van der Waals surface area (Å²) in [5.74, 6) is -0.385. The molecule has 1 heterocycles. The van der Waals surface area contributed by atoms with Crippen LogP contribution >= 0.6 is 0 Å². The zero-order valence-electron chi connectivity index (χ0n) is 8.31. The SMILES string of the molecule is O=C(NC1CCC1)C1(F)CCNCC1. The number of piperidine rings is 1. The van der Waals surface area contributed by atoms with Crippen molar-refractivity contribution >= 4 is 5.91 Å². The molecule has 14 heavy (non-hydrogen) atoms. The van der Waals surface area contributed by atoms with E-state index in [4.69, 9.17) is 0 Å². The second-order valence-corrected chi connectivity index (χ2v) is 4.32. The van der Waals surface area contributed by atoms with Gasteiger partial charge in [-0.15, -0.1) is 0 Å². The van der Waals surface area contributed by atoms with Crippen LogP contribution in [0.1, 0.15) is 32.1 Å². The Labute approximate surface area is 83.4 Å². The van der Waals surface area contributed by atoms with Crippen LogP contribution in [0, 0.1) is 0 Å². The van der Waals surface area contributed by atoms with E-state index in [0.717, 1.165) is 19.3 Å². The Balaban J connectivity index is 1.87. The number of rotatable bonds is 2. The predicted molar refractivity (Wildman–Crippen MR) is 51.7 cm³/mol. The van der Waals surface area contributed by atoms with Gasteiger partial charge in [0.15, 0.2) is 5.67 Å². The number of hydrogen-bond donors (Lipinski definition) is 2. The van der Waals surface area contributed by atoms with Gasteiger partial charge in [-0.05, 0) is 32.4 Å². The monoisotopic (exact) mass is 200 g/mol. The summed E-state index contributed by atoms with van der Waals surface area (Å²) in [4.78, 5) is 11.6. The molecular formula is C10H17FN2O. The largest absolute Gasteiger partial charge is 0.351 e. The van der Waals surface area contributed by atoms with E-state index in [1.54, 1.807) is 0 Å². The molecule has 0 atom stereocenters. The van der Waals surface area contributed by atoms with E-state index >= 15 is 0 Å². The standard InChI is InChI=1S/C10H17FN2O/c11-10(4-6-12-7-5-10)9(14)13-8-2-1-3-8/h8,12H,1-7H2,(H,13,14). The molecule has 1 aliphatic carbocycles. The molecule has 2 aliphatic rings. The average Bonchev–Trinajstić information content (AvgIpc) is 2.12. The van der Waals surface area contributed by atoms with Crippen molar-refractivity contribution in [2.75, 3.05) is 13.1 Å². The molecule has 1 saturated carbocycles. The zero-order valence-corrected chi connectivity index (χ0v) is 8.31. The van der Waals surface area contributed by atoms with E-state index in [1.807, 2.05) is 0 Å². The summed E-state index contributed by atoms with van der Waals surface area (Å²) in [6.07, 6.45) is 3.81. The van der Waals surface area contributed by atoms with Gasteiger partial charge in [0.05, 0.1) is 0 Å². The van der Waals surface area contributed by atoms with Gasteiger partial charge in [-0.3, -0.25) is 4.79 Å². The highest BCUT2D eigenvalue weighted by molar-refractivity contribution is 5.85. The Morgan fingerprint density at radius 1 is 1.36 bits per heavy atom. The summed E-state index contributed by atoms with van der Waals surface area (Å²) >= 11 is 0. The van der Waals surface area contributed by atoms with Crippen molar-refractivity contribution in [3.05, 3.63) is 0 Å². The van der Waals surface area contributed by atoms with Crippen molar-refractivity contribution in [3.8, 4) is 0 Å². The number of halogens is 1. The highest BCUT2D eigenvalue weighted by Crippen LogP contribution is 2.25. The lowest BCUT2D eigenvalue weighted by molar-refractivity contribution is -0.135. The van der Waals surface area contributed by atoms with Gasteiger partial charge in [0, 0.05) is 18.9 Å². The molecule has 3 nitrogen and oxygen atoms in total. The number of hydrogen-bond acceptors (Lipinski definition) is 2. The predicted octanol–water partition coefficient (Wildman–Crippen LogP) is 0.747. The molecule has 0 bridgehead atoms. The van der Waals surface area contributed by atoms with Gasteiger partial charge in [0.2, 0.25) is 0 Å². The van der Waals surface area contributed by atoms with Gasteiger partial charge < -0.3 is 10.6 Å². The molecule has 2 N–H and O–H groups in total. The molecule has 0 spiro atoms. The third kappa shape index (κ3) is 1.90. The quantitative estimate of drug-likeness (QED) is 0.690. The van der Waals surface area contributed by atoms with Crippen molar-refractivity contribution in [2.45, 2.75) is 43.8 Å². The van der Waals surface area contributed by atoms with Crippen LogP contribution in [0.3, 0.4) is 0 Å². The van der Waals surface area contributed by atoms with Gasteiger partial charge in [-0.25, -0.2) is 4.39 Å². The van der Waals surface area contributed by atoms with E-state index < -0.39 is 5.67 Å². The van der Waals surface area contributed by atoms with E-state index in [0.29, 0.717) is 25.9 Å². The molecule has 2 fully saturated rings. The first-order chi connectivity index (χ1) is 6.71. The molecule has 4 heteroatoms. The van der Waals surface area contributed by atoms with Crippen molar-refractivity contribution in [3.63, 3.8) is 0 Å². The Morgan fingerprint density at radius 2 is 2.00 bits per heavy atom. The third-order valence-corrected chi connectivity index (χ3v) is 3.24. The second-order valence-electron chi connectivity index (χ2n) is 4.32. The molecule has 0 aromatic rings. The van der Waals surface area contributed by atoms with Crippen LogP contribution in [0.2, 0.25) is 0 Å². The van der Waals surface area contributed by atoms with Crippen LogP contribution in [-0.2, 0) is 4.79 Å². The highest BCUT2D eigenvalue weighted by Gasteiger charge is 2.40. The molecule has 2 rings (SSSR count). The number of amides is 1. The number of carbonyl (C=O) groups excluding carboxylic acids is 1. The average molecular weight is 200 g/mol. The number of carbonyl (C=O) groups is 1. The lowest BCUT2D eigenvalue weighted by atomic mass is 9.89. The molecule has 80 valence electrons. The molecule has 1 amide bonds. The Kier molecular flexibility index (Phi) is 2.72. The van der Waals surface area contributed by atoms with E-state index in [2.05, 4.69) is 10.6 Å². The summed E-state index contributed by atoms with van der Waals surface area (Å²) in [5, 5.41) is 5.84. The molecular weight excluding hydrogens is 183 g/mol. The molecule has 0 unspecified atom stereocenters. The lowest BCUT2D eigenvalue weighted by Crippen LogP contribution is -2.53. The molecule has 1 saturated heterocycles. The number of alkyl halides is 1. The molecule has 0 aromatic carbocycles. The van der Waals surface area contributed by atoms with Crippen LogP contribution < -0.4 is 10.6 Å². The van der Waals surface area contributed by atoms with Crippen LogP contribution in [0.4, 0.5) is 4.39 Å². The maximum atomic E-state index is 14.0. The fourth-order valence-electron chi connectivity index (χ4n) is 1.92. The van der Waals surface area contributed by atoms with Crippen molar-refractivity contribution < 1.29 is 9.18 Å². The summed E-state index contributed by atoms with van der Waals surface area (Å²) in [6, 6.07) is 0.241. The maximum absolute atomic E-state index is 14.0. The second kappa shape index (κ2) is 3.85. The smallest absolute Gasteiger partial charge is 0.257 e. The van der Waals surface area contributed by atoms with Gasteiger partial charge in [0.25, 0.3) is 5.91 Å². The minimum atomic E-state index is -1.61. The minimum absolute atomic E-state index is 0.241. The first-order valence-corrected chi connectivity index (χ1v) is 5.41. The van der Waals surface area contributed by atoms with E-state index in [1.165, 1.54) is 0 Å². The van der Waals surface area contributed by atoms with Crippen LogP contribution in [-0.4, -0.2) is 30.7 Å². The topological polar surface area (TPSA) is 41.1 Å². The Morgan fingerprint density at radius 3 is 2.50 bits per heavy atom. The first-order valence-electron chi connectivity index (χ1n) is 5.41. The van der Waals surface area contributed by atoms with Crippen LogP contribution in [0.15, 0.2) is 0 Å². The normalized spacial score (nSPS) is 26.6. The highest BCUT2D eigenvalue weighted by atomic mass is 19.1. The zero-order chi connectivity index (χ0) is 10.0. The fourth-order valence-corrected chi connectivity index (χ4v) is 1.92. The van der Waals surface area contributed by atoms with Gasteiger partial charge in [-0.2, -0.15) is 0 Å². The number of nitrogens with one attached hydrogen (secondary N) is 2. The van der Waals surface area contributed by atoms with Gasteiger partial charge in [-0.1, -0.05) is 0 Å². The Bertz CT molecular complexity index is 222. The fraction of sp³-hybridized carbons (Fsp3) is 0.900. The maximum Gasteiger partial charge on any atom is 0.257 e. The van der Waals surface area contributed by atoms with Crippen molar-refractivity contribution in [1.29, 1.82) is 0 Å². The third-order valence-electron chi connectivity index (χ3n) is 3.24. The summed E-state index contributed by atoms with van der Waals surface area (Å²) in [7, 11) is 0. The van der Waals surface area contributed by atoms with E-state index in [-0.39, 0.29) is 11.9 Å². The van der Waals surface area contributed by atoms with Gasteiger partial charge in [0.1, 0.15) is 0 Å².